The maximum Gasteiger partial charge on any atom is 0.239 e. The molecule has 0 aliphatic carbocycles. The van der Waals surface area contributed by atoms with Crippen molar-refractivity contribution >= 4 is 5.91 Å². The highest BCUT2D eigenvalue weighted by atomic mass is 19.1. The number of hydrogen-bond acceptors (Lipinski definition) is 2. The van der Waals surface area contributed by atoms with E-state index in [2.05, 4.69) is 5.32 Å². The number of rotatable bonds is 3. The SMILES string of the molecule is CCN(CC)C(=O)C1CC(F)CN1. The largest absolute Gasteiger partial charge is 0.342 e. The predicted octanol–water partition coefficient (Wildman–Crippen LogP) is 0.555. The van der Waals surface area contributed by atoms with Crippen molar-refractivity contribution in [1.82, 2.24) is 10.2 Å². The first-order chi connectivity index (χ1) is 6.19. The summed E-state index contributed by atoms with van der Waals surface area (Å²) in [6.45, 7) is 5.58. The summed E-state index contributed by atoms with van der Waals surface area (Å²) in [5.41, 5.74) is 0. The molecular weight excluding hydrogens is 171 g/mol. The van der Waals surface area contributed by atoms with Gasteiger partial charge in [0.2, 0.25) is 5.91 Å². The fourth-order valence-electron chi connectivity index (χ4n) is 1.64. The van der Waals surface area contributed by atoms with Gasteiger partial charge in [-0.05, 0) is 13.8 Å². The van der Waals surface area contributed by atoms with Crippen LogP contribution in [0.3, 0.4) is 0 Å². The lowest BCUT2D eigenvalue weighted by Gasteiger charge is -2.22. The molecule has 2 atom stereocenters. The molecule has 2 unspecified atom stereocenters. The van der Waals surface area contributed by atoms with Gasteiger partial charge in [-0.25, -0.2) is 4.39 Å². The van der Waals surface area contributed by atoms with Gasteiger partial charge in [-0.2, -0.15) is 0 Å². The fraction of sp³-hybridized carbons (Fsp3) is 0.889. The normalized spacial score (nSPS) is 27.6. The second-order valence-electron chi connectivity index (χ2n) is 3.30. The first-order valence-corrected chi connectivity index (χ1v) is 4.85. The number of nitrogens with one attached hydrogen (secondary N) is 1. The van der Waals surface area contributed by atoms with Crippen LogP contribution in [0, 0.1) is 0 Å². The molecule has 3 nitrogen and oxygen atoms in total. The fourth-order valence-corrected chi connectivity index (χ4v) is 1.64. The Hall–Kier alpha value is -0.640. The van der Waals surface area contributed by atoms with E-state index in [1.54, 1.807) is 4.90 Å². The van der Waals surface area contributed by atoms with Crippen molar-refractivity contribution in [3.05, 3.63) is 0 Å². The molecule has 1 saturated heterocycles. The predicted molar refractivity (Wildman–Crippen MR) is 49.2 cm³/mol. The van der Waals surface area contributed by atoms with E-state index in [0.717, 1.165) is 0 Å². The number of carbonyl (C=O) groups is 1. The summed E-state index contributed by atoms with van der Waals surface area (Å²) >= 11 is 0. The third-order valence-corrected chi connectivity index (χ3v) is 2.45. The summed E-state index contributed by atoms with van der Waals surface area (Å²) in [6.07, 6.45) is -0.528. The Morgan fingerprint density at radius 2 is 2.15 bits per heavy atom. The minimum absolute atomic E-state index is 0.0325. The highest BCUT2D eigenvalue weighted by molar-refractivity contribution is 5.82. The highest BCUT2D eigenvalue weighted by Crippen LogP contribution is 2.12. The minimum Gasteiger partial charge on any atom is -0.342 e. The third-order valence-electron chi connectivity index (χ3n) is 2.45. The van der Waals surface area contributed by atoms with Crippen LogP contribution < -0.4 is 5.32 Å². The van der Waals surface area contributed by atoms with Gasteiger partial charge in [0.05, 0.1) is 6.04 Å². The Bertz CT molecular complexity index is 182. The van der Waals surface area contributed by atoms with E-state index in [4.69, 9.17) is 0 Å². The molecule has 0 radical (unpaired) electrons. The number of nitrogens with zero attached hydrogens (tertiary/aromatic N) is 1. The Balaban J connectivity index is 2.47. The van der Waals surface area contributed by atoms with Crippen molar-refractivity contribution in [2.75, 3.05) is 19.6 Å². The zero-order valence-electron chi connectivity index (χ0n) is 8.22. The van der Waals surface area contributed by atoms with Crippen LogP contribution in [0.4, 0.5) is 4.39 Å². The quantitative estimate of drug-likeness (QED) is 0.701. The van der Waals surface area contributed by atoms with E-state index in [1.165, 1.54) is 0 Å². The molecule has 0 aromatic rings. The van der Waals surface area contributed by atoms with Crippen LogP contribution in [0.1, 0.15) is 20.3 Å². The van der Waals surface area contributed by atoms with Crippen LogP contribution in [0.25, 0.3) is 0 Å². The number of hydrogen-bond donors (Lipinski definition) is 1. The molecule has 0 bridgehead atoms. The van der Waals surface area contributed by atoms with Gasteiger partial charge in [0, 0.05) is 26.1 Å². The van der Waals surface area contributed by atoms with Crippen molar-refractivity contribution < 1.29 is 9.18 Å². The Labute approximate surface area is 78.3 Å². The number of carbonyl (C=O) groups excluding carboxylic acids is 1. The lowest BCUT2D eigenvalue weighted by Crippen LogP contribution is -2.43. The summed E-state index contributed by atoms with van der Waals surface area (Å²) in [6, 6.07) is -0.296. The Morgan fingerprint density at radius 3 is 2.54 bits per heavy atom. The third kappa shape index (κ3) is 2.40. The van der Waals surface area contributed by atoms with Crippen LogP contribution in [0.5, 0.6) is 0 Å². The van der Waals surface area contributed by atoms with Gasteiger partial charge in [0.15, 0.2) is 0 Å². The minimum atomic E-state index is -0.857. The molecule has 1 fully saturated rings. The van der Waals surface area contributed by atoms with Gasteiger partial charge in [-0.1, -0.05) is 0 Å². The molecular formula is C9H17FN2O. The van der Waals surface area contributed by atoms with Gasteiger partial charge >= 0.3 is 0 Å². The van der Waals surface area contributed by atoms with Crippen LogP contribution in [-0.2, 0) is 4.79 Å². The summed E-state index contributed by atoms with van der Waals surface area (Å²) < 4.78 is 12.8. The molecule has 4 heteroatoms. The molecule has 13 heavy (non-hydrogen) atoms. The summed E-state index contributed by atoms with van der Waals surface area (Å²) in [4.78, 5) is 13.4. The molecule has 0 aromatic heterocycles. The van der Waals surface area contributed by atoms with E-state index in [-0.39, 0.29) is 11.9 Å². The zero-order chi connectivity index (χ0) is 9.84. The number of halogens is 1. The molecule has 1 N–H and O–H groups in total. The zero-order valence-corrected chi connectivity index (χ0v) is 8.22. The van der Waals surface area contributed by atoms with Crippen molar-refractivity contribution in [3.8, 4) is 0 Å². The molecule has 1 amide bonds. The van der Waals surface area contributed by atoms with Crippen LogP contribution in [0.2, 0.25) is 0 Å². The summed E-state index contributed by atoms with van der Waals surface area (Å²) in [5, 5.41) is 2.89. The standard InChI is InChI=1S/C9H17FN2O/c1-3-12(4-2)9(13)8-5-7(10)6-11-8/h7-8,11H,3-6H2,1-2H3. The molecule has 1 aliphatic heterocycles. The highest BCUT2D eigenvalue weighted by Gasteiger charge is 2.31. The van der Waals surface area contributed by atoms with E-state index in [9.17, 15) is 9.18 Å². The van der Waals surface area contributed by atoms with Crippen LogP contribution in [-0.4, -0.2) is 42.7 Å². The van der Waals surface area contributed by atoms with E-state index in [0.29, 0.717) is 26.1 Å². The number of amides is 1. The maximum absolute atomic E-state index is 12.8. The second-order valence-corrected chi connectivity index (χ2v) is 3.30. The average Bonchev–Trinajstić information content (AvgIpc) is 2.54. The molecule has 1 heterocycles. The Kier molecular flexibility index (Phi) is 3.66. The van der Waals surface area contributed by atoms with Gasteiger partial charge < -0.3 is 10.2 Å². The Morgan fingerprint density at radius 1 is 1.54 bits per heavy atom. The molecule has 0 aromatic carbocycles. The smallest absolute Gasteiger partial charge is 0.239 e. The van der Waals surface area contributed by atoms with Crippen molar-refractivity contribution in [2.24, 2.45) is 0 Å². The van der Waals surface area contributed by atoms with Gasteiger partial charge in [-0.15, -0.1) is 0 Å². The maximum atomic E-state index is 12.8. The van der Waals surface area contributed by atoms with Crippen LogP contribution >= 0.6 is 0 Å². The molecule has 0 saturated carbocycles. The van der Waals surface area contributed by atoms with Crippen LogP contribution in [0.15, 0.2) is 0 Å². The van der Waals surface area contributed by atoms with Crippen molar-refractivity contribution in [2.45, 2.75) is 32.5 Å². The summed E-state index contributed by atoms with van der Waals surface area (Å²) in [5.74, 6) is 0.0325. The van der Waals surface area contributed by atoms with E-state index < -0.39 is 6.17 Å². The molecule has 76 valence electrons. The number of likely N-dealkylation sites (N-methyl/N-ethyl adjacent to an activating group) is 1. The van der Waals surface area contributed by atoms with Crippen molar-refractivity contribution in [3.63, 3.8) is 0 Å². The first kappa shape index (κ1) is 10.4. The molecule has 1 rings (SSSR count). The lowest BCUT2D eigenvalue weighted by atomic mass is 10.2. The van der Waals surface area contributed by atoms with Crippen molar-refractivity contribution in [1.29, 1.82) is 0 Å². The van der Waals surface area contributed by atoms with Gasteiger partial charge in [0.1, 0.15) is 6.17 Å². The second kappa shape index (κ2) is 4.56. The molecule has 1 aliphatic rings. The monoisotopic (exact) mass is 188 g/mol. The average molecular weight is 188 g/mol. The van der Waals surface area contributed by atoms with Gasteiger partial charge in [0.25, 0.3) is 0 Å². The number of alkyl halides is 1. The van der Waals surface area contributed by atoms with E-state index in [1.807, 2.05) is 13.8 Å². The lowest BCUT2D eigenvalue weighted by molar-refractivity contribution is -0.132. The molecule has 0 spiro atoms. The van der Waals surface area contributed by atoms with Gasteiger partial charge in [-0.3, -0.25) is 4.79 Å². The first-order valence-electron chi connectivity index (χ1n) is 4.85. The van der Waals surface area contributed by atoms with E-state index >= 15 is 0 Å². The topological polar surface area (TPSA) is 32.3 Å². The summed E-state index contributed by atoms with van der Waals surface area (Å²) in [7, 11) is 0.